The van der Waals surface area contributed by atoms with Crippen molar-refractivity contribution in [3.63, 3.8) is 0 Å². The van der Waals surface area contributed by atoms with Crippen LogP contribution in [0.25, 0.3) is 0 Å². The number of hydrogen-bond donors (Lipinski definition) is 0. The minimum atomic E-state index is -0.268. The molecule has 72 valence electrons. The second kappa shape index (κ2) is 5.05. The van der Waals surface area contributed by atoms with E-state index in [0.29, 0.717) is 0 Å². The Hall–Kier alpha value is 0.207. The molecule has 0 aromatic heterocycles. The third kappa shape index (κ3) is 2.35. The molecule has 1 unspecified atom stereocenters. The zero-order chi connectivity index (χ0) is 9.78. The third-order valence-electron chi connectivity index (χ3n) is 2.39. The largest absolute Gasteiger partial charge is 0.282 e. The molecule has 0 rings (SSSR count). The molecule has 0 bridgehead atoms. The van der Waals surface area contributed by atoms with Gasteiger partial charge in [-0.3, -0.25) is 4.90 Å². The zero-order valence-corrected chi connectivity index (χ0v) is 11.4. The summed E-state index contributed by atoms with van der Waals surface area (Å²) in [5.41, 5.74) is 0. The van der Waals surface area contributed by atoms with Gasteiger partial charge in [-0.05, 0) is 19.5 Å². The Kier molecular flexibility index (Phi) is 5.14. The van der Waals surface area contributed by atoms with E-state index in [-0.39, 0.29) is 5.00 Å². The number of halogens is 1. The zero-order valence-electron chi connectivity index (χ0n) is 8.65. The molecule has 0 aromatic rings. The first-order valence-electron chi connectivity index (χ1n) is 4.62. The fourth-order valence-corrected chi connectivity index (χ4v) is 2.43. The summed E-state index contributed by atoms with van der Waals surface area (Å²) >= 11 is 6.49. The highest BCUT2D eigenvalue weighted by Gasteiger charge is 2.31. The second-order valence-electron chi connectivity index (χ2n) is 3.07. The number of rotatable bonds is 5. The summed E-state index contributed by atoms with van der Waals surface area (Å²) in [4.78, 5) is 2.00. The Morgan fingerprint density at radius 2 is 1.83 bits per heavy atom. The van der Waals surface area contributed by atoms with Gasteiger partial charge in [0, 0.05) is 10.2 Å². The van der Waals surface area contributed by atoms with Gasteiger partial charge in [-0.1, -0.05) is 37.6 Å². The van der Waals surface area contributed by atoms with E-state index >= 15 is 0 Å². The highest BCUT2D eigenvalue weighted by molar-refractivity contribution is 6.35. The van der Waals surface area contributed by atoms with E-state index in [4.69, 9.17) is 11.6 Å². The molecule has 12 heavy (non-hydrogen) atoms. The smallest absolute Gasteiger partial charge is 0.112 e. The fourth-order valence-electron chi connectivity index (χ4n) is 1.52. The molecule has 0 aromatic carbocycles. The number of likely N-dealkylation sites (N-methyl/N-ethyl adjacent to an activating group) is 1. The molecule has 0 aliphatic carbocycles. The van der Waals surface area contributed by atoms with E-state index in [2.05, 4.69) is 32.3 Å². The van der Waals surface area contributed by atoms with Crippen LogP contribution < -0.4 is 0 Å². The van der Waals surface area contributed by atoms with Gasteiger partial charge in [-0.25, -0.2) is 0 Å². The van der Waals surface area contributed by atoms with Gasteiger partial charge in [0.1, 0.15) is 5.00 Å². The first-order chi connectivity index (χ1) is 5.52. The molecule has 1 nitrogen and oxygen atoms in total. The summed E-state index contributed by atoms with van der Waals surface area (Å²) < 4.78 is 0. The lowest BCUT2D eigenvalue weighted by molar-refractivity contribution is 0.211. The van der Waals surface area contributed by atoms with Crippen LogP contribution in [-0.2, 0) is 0 Å². The van der Waals surface area contributed by atoms with Gasteiger partial charge < -0.3 is 0 Å². The Balaban J connectivity index is 4.58. The lowest BCUT2D eigenvalue weighted by Crippen LogP contribution is -2.45. The standard InChI is InChI=1S/C9H20ClNSi/c1-5-9(10,8(4)12)11(6-2)7-3/h4-7H2,1-3,12H3. The van der Waals surface area contributed by atoms with Crippen molar-refractivity contribution in [3.8, 4) is 0 Å². The molecule has 0 N–H and O–H groups in total. The average molecular weight is 206 g/mol. The monoisotopic (exact) mass is 205 g/mol. The van der Waals surface area contributed by atoms with Crippen LogP contribution in [0, 0.1) is 0 Å². The maximum absolute atomic E-state index is 6.49. The van der Waals surface area contributed by atoms with Crippen LogP contribution in [0.3, 0.4) is 0 Å². The van der Waals surface area contributed by atoms with E-state index in [1.165, 1.54) is 5.20 Å². The quantitative estimate of drug-likeness (QED) is 0.374. The average Bonchev–Trinajstić information content (AvgIpc) is 2.05. The van der Waals surface area contributed by atoms with Crippen LogP contribution in [0.5, 0.6) is 0 Å². The van der Waals surface area contributed by atoms with Crippen molar-refractivity contribution in [1.29, 1.82) is 0 Å². The van der Waals surface area contributed by atoms with Crippen molar-refractivity contribution in [3.05, 3.63) is 11.8 Å². The van der Waals surface area contributed by atoms with Crippen molar-refractivity contribution < 1.29 is 0 Å². The summed E-state index contributed by atoms with van der Waals surface area (Å²) in [6.45, 7) is 12.4. The van der Waals surface area contributed by atoms with Crippen molar-refractivity contribution in [2.75, 3.05) is 13.1 Å². The Bertz CT molecular complexity index is 157. The molecular weight excluding hydrogens is 186 g/mol. The molecule has 0 heterocycles. The summed E-state index contributed by atoms with van der Waals surface area (Å²) in [6.07, 6.45) is 0.943. The van der Waals surface area contributed by atoms with Crippen molar-refractivity contribution in [1.82, 2.24) is 4.90 Å². The first-order valence-corrected chi connectivity index (χ1v) is 6.00. The van der Waals surface area contributed by atoms with Crippen molar-refractivity contribution in [2.45, 2.75) is 32.2 Å². The minimum Gasteiger partial charge on any atom is -0.282 e. The van der Waals surface area contributed by atoms with Gasteiger partial charge in [0.15, 0.2) is 0 Å². The molecule has 0 radical (unpaired) electrons. The lowest BCUT2D eigenvalue weighted by atomic mass is 10.1. The maximum atomic E-state index is 6.49. The number of nitrogens with zero attached hydrogens (tertiary/aromatic N) is 1. The molecular formula is C9H20ClNSi. The Morgan fingerprint density at radius 3 is 1.92 bits per heavy atom. The van der Waals surface area contributed by atoms with E-state index in [1.807, 2.05) is 0 Å². The molecule has 0 amide bonds. The van der Waals surface area contributed by atoms with Crippen LogP contribution in [0.2, 0.25) is 0 Å². The van der Waals surface area contributed by atoms with Gasteiger partial charge >= 0.3 is 0 Å². The van der Waals surface area contributed by atoms with E-state index in [9.17, 15) is 0 Å². The van der Waals surface area contributed by atoms with Crippen LogP contribution in [-0.4, -0.2) is 33.2 Å². The van der Waals surface area contributed by atoms with Crippen LogP contribution in [0.15, 0.2) is 11.8 Å². The summed E-state index contributed by atoms with van der Waals surface area (Å²) in [6, 6.07) is 0. The topological polar surface area (TPSA) is 3.24 Å². The number of alkyl halides is 1. The molecule has 3 heteroatoms. The van der Waals surface area contributed by atoms with Gasteiger partial charge in [0.2, 0.25) is 0 Å². The van der Waals surface area contributed by atoms with Gasteiger partial charge in [0.25, 0.3) is 0 Å². The van der Waals surface area contributed by atoms with Gasteiger partial charge in [-0.15, -0.1) is 6.58 Å². The number of hydrogen-bond acceptors (Lipinski definition) is 1. The molecule has 0 fully saturated rings. The van der Waals surface area contributed by atoms with E-state index in [1.54, 1.807) is 0 Å². The summed E-state index contributed by atoms with van der Waals surface area (Å²) in [7, 11) is 0.975. The molecule has 1 atom stereocenters. The molecule has 0 saturated carbocycles. The highest BCUT2D eigenvalue weighted by atomic mass is 35.5. The third-order valence-corrected chi connectivity index (χ3v) is 4.36. The van der Waals surface area contributed by atoms with Crippen molar-refractivity contribution >= 4 is 21.8 Å². The van der Waals surface area contributed by atoms with Gasteiger partial charge in [0.05, 0.1) is 0 Å². The molecule has 0 spiro atoms. The molecule has 0 aliphatic rings. The SMILES string of the molecule is C=C([SiH3])C(Cl)(CC)N(CC)CC. The first kappa shape index (κ1) is 12.2. The predicted octanol–water partition coefficient (Wildman–Crippen LogP) is 1.55. The fraction of sp³-hybridized carbons (Fsp3) is 0.778. The van der Waals surface area contributed by atoms with Crippen molar-refractivity contribution in [2.24, 2.45) is 0 Å². The highest BCUT2D eigenvalue weighted by Crippen LogP contribution is 2.29. The predicted molar refractivity (Wildman–Crippen MR) is 60.9 cm³/mol. The summed E-state index contributed by atoms with van der Waals surface area (Å²) in [5, 5.41) is 1.18. The summed E-state index contributed by atoms with van der Waals surface area (Å²) in [5.74, 6) is 0. The van der Waals surface area contributed by atoms with Crippen LogP contribution in [0.4, 0.5) is 0 Å². The lowest BCUT2D eigenvalue weighted by Gasteiger charge is -2.38. The van der Waals surface area contributed by atoms with Gasteiger partial charge in [-0.2, -0.15) is 0 Å². The Morgan fingerprint density at radius 1 is 1.42 bits per heavy atom. The minimum absolute atomic E-state index is 0.268. The molecule has 0 saturated heterocycles. The molecule has 0 aliphatic heterocycles. The van der Waals surface area contributed by atoms with Crippen LogP contribution >= 0.6 is 11.6 Å². The van der Waals surface area contributed by atoms with E-state index < -0.39 is 0 Å². The second-order valence-corrected chi connectivity index (χ2v) is 4.90. The maximum Gasteiger partial charge on any atom is 0.112 e. The Labute approximate surface area is 84.2 Å². The normalized spacial score (nSPS) is 16.4. The van der Waals surface area contributed by atoms with E-state index in [0.717, 1.165) is 29.8 Å². The van der Waals surface area contributed by atoms with Crippen LogP contribution in [0.1, 0.15) is 27.2 Å².